The first-order valence-electron chi connectivity index (χ1n) is 7.56. The molecule has 2 rings (SSSR count). The number of anilines is 2. The minimum atomic E-state index is 1.09. The molecule has 0 saturated carbocycles. The molecule has 0 radical (unpaired) electrons. The first kappa shape index (κ1) is 16.0. The number of rotatable bonds is 2. The summed E-state index contributed by atoms with van der Waals surface area (Å²) in [6.07, 6.45) is 0. The molecule has 0 spiro atoms. The first-order valence-corrected chi connectivity index (χ1v) is 7.56. The van der Waals surface area contributed by atoms with Gasteiger partial charge in [0.2, 0.25) is 0 Å². The molecule has 0 atom stereocenters. The summed E-state index contributed by atoms with van der Waals surface area (Å²) in [6, 6.07) is 14.7. The van der Waals surface area contributed by atoms with E-state index in [0.717, 1.165) is 11.4 Å². The molecule has 0 aliphatic rings. The molecule has 0 fully saturated rings. The van der Waals surface area contributed by atoms with Crippen LogP contribution in [0.4, 0.5) is 11.4 Å². The summed E-state index contributed by atoms with van der Waals surface area (Å²) in [4.78, 5) is 0. The second-order valence-corrected chi connectivity index (χ2v) is 6.05. The van der Waals surface area contributed by atoms with E-state index in [9.17, 15) is 0 Å². The molecule has 22 heavy (non-hydrogen) atoms. The van der Waals surface area contributed by atoms with Crippen molar-refractivity contribution in [3.8, 4) is 12.1 Å². The highest BCUT2D eigenvalue weighted by Crippen LogP contribution is 2.22. The quantitative estimate of drug-likeness (QED) is 0.602. The Labute approximate surface area is 134 Å². The van der Waals surface area contributed by atoms with E-state index in [1.54, 1.807) is 0 Å². The molecule has 0 unspecified atom stereocenters. The van der Waals surface area contributed by atoms with Crippen molar-refractivity contribution < 1.29 is 0 Å². The third-order valence-electron chi connectivity index (χ3n) is 3.79. The van der Waals surface area contributed by atoms with Crippen molar-refractivity contribution in [1.29, 1.82) is 0 Å². The highest BCUT2D eigenvalue weighted by molar-refractivity contribution is 5.63. The Hall–Kier alpha value is -2.40. The number of aryl methyl sites for hydroxylation is 6. The maximum absolute atomic E-state index is 3.21. The van der Waals surface area contributed by atoms with Gasteiger partial charge in [-0.1, -0.05) is 35.4 Å². The van der Waals surface area contributed by atoms with E-state index < -0.39 is 0 Å². The Bertz CT molecular complexity index is 651. The average Bonchev–Trinajstić information content (AvgIpc) is 2.38. The molecule has 0 amide bonds. The van der Waals surface area contributed by atoms with E-state index in [-0.39, 0.29) is 0 Å². The van der Waals surface area contributed by atoms with Gasteiger partial charge in [0, 0.05) is 12.1 Å². The normalized spacial score (nSPS) is 9.91. The van der Waals surface area contributed by atoms with Crippen molar-refractivity contribution in [1.82, 2.24) is 0 Å². The zero-order chi connectivity index (χ0) is 16.3. The highest BCUT2D eigenvalue weighted by Gasteiger charge is 2.03. The van der Waals surface area contributed by atoms with Gasteiger partial charge in [0.1, 0.15) is 0 Å². The van der Waals surface area contributed by atoms with Gasteiger partial charge in [-0.3, -0.25) is 0 Å². The van der Waals surface area contributed by atoms with Gasteiger partial charge in [-0.15, -0.1) is 0 Å². The standard InChI is InChI=1S/C20H24N2/c1-13-9-15(3)19(16(4)10-13)21-7-8-22-20-17(5)11-14(2)12-18(20)6/h9-12,21-22H,1-6H3. The molecule has 0 aliphatic carbocycles. The Morgan fingerprint density at radius 1 is 0.545 bits per heavy atom. The van der Waals surface area contributed by atoms with Crippen molar-refractivity contribution in [2.45, 2.75) is 41.5 Å². The molecule has 0 bridgehead atoms. The maximum atomic E-state index is 3.21. The Balaban J connectivity index is 2.14. The molecular weight excluding hydrogens is 268 g/mol. The van der Waals surface area contributed by atoms with Crippen molar-refractivity contribution in [3.63, 3.8) is 0 Å². The third kappa shape index (κ3) is 3.62. The van der Waals surface area contributed by atoms with Gasteiger partial charge in [-0.05, 0) is 63.8 Å². The van der Waals surface area contributed by atoms with Crippen LogP contribution in [0, 0.1) is 53.6 Å². The largest absolute Gasteiger partial charge is 0.313 e. The number of nitrogens with one attached hydrogen (secondary N) is 2. The summed E-state index contributed by atoms with van der Waals surface area (Å²) in [7, 11) is 0. The van der Waals surface area contributed by atoms with Crippen molar-refractivity contribution >= 4 is 11.4 Å². The topological polar surface area (TPSA) is 24.1 Å². The summed E-state index contributed by atoms with van der Waals surface area (Å²) < 4.78 is 0. The molecule has 2 aromatic carbocycles. The van der Waals surface area contributed by atoms with Gasteiger partial charge in [0.05, 0.1) is 11.4 Å². The fourth-order valence-electron chi connectivity index (χ4n) is 2.94. The number of hydrogen-bond donors (Lipinski definition) is 2. The van der Waals surface area contributed by atoms with E-state index in [2.05, 4.69) is 88.5 Å². The van der Waals surface area contributed by atoms with Crippen LogP contribution in [0.1, 0.15) is 33.4 Å². The van der Waals surface area contributed by atoms with E-state index in [4.69, 9.17) is 0 Å². The number of benzene rings is 2. The lowest BCUT2D eigenvalue weighted by molar-refractivity contribution is 1.31. The second kappa shape index (κ2) is 6.58. The molecule has 0 saturated heterocycles. The van der Waals surface area contributed by atoms with Gasteiger partial charge < -0.3 is 10.6 Å². The summed E-state index contributed by atoms with van der Waals surface area (Å²) in [5.74, 6) is 0. The Morgan fingerprint density at radius 2 is 0.818 bits per heavy atom. The van der Waals surface area contributed by atoms with Crippen LogP contribution >= 0.6 is 0 Å². The minimum absolute atomic E-state index is 1.09. The summed E-state index contributed by atoms with van der Waals surface area (Å²) in [5, 5.41) is 6.41. The summed E-state index contributed by atoms with van der Waals surface area (Å²) in [5.41, 5.74) is 9.61. The monoisotopic (exact) mass is 292 g/mol. The molecule has 2 heteroatoms. The van der Waals surface area contributed by atoms with Crippen LogP contribution in [0.5, 0.6) is 0 Å². The number of hydrogen-bond acceptors (Lipinski definition) is 2. The van der Waals surface area contributed by atoms with Gasteiger partial charge in [-0.2, -0.15) is 0 Å². The molecular formula is C20H24N2. The molecule has 114 valence electrons. The summed E-state index contributed by atoms with van der Waals surface area (Å²) in [6.45, 7) is 12.6. The SMILES string of the molecule is Cc1cc(C)c(NC#CNc2c(C)cc(C)cc2C)c(C)c1. The van der Waals surface area contributed by atoms with Crippen LogP contribution in [0.25, 0.3) is 0 Å². The van der Waals surface area contributed by atoms with Crippen LogP contribution < -0.4 is 10.6 Å². The fourth-order valence-corrected chi connectivity index (χ4v) is 2.94. The highest BCUT2D eigenvalue weighted by atomic mass is 14.9. The predicted molar refractivity (Wildman–Crippen MR) is 96.3 cm³/mol. The summed E-state index contributed by atoms with van der Waals surface area (Å²) >= 11 is 0. The van der Waals surface area contributed by atoms with Crippen LogP contribution in [-0.2, 0) is 0 Å². The minimum Gasteiger partial charge on any atom is -0.313 e. The van der Waals surface area contributed by atoms with Crippen molar-refractivity contribution in [3.05, 3.63) is 57.6 Å². The average molecular weight is 292 g/mol. The van der Waals surface area contributed by atoms with Crippen LogP contribution in [0.2, 0.25) is 0 Å². The zero-order valence-electron chi connectivity index (χ0n) is 14.3. The molecule has 0 heterocycles. The van der Waals surface area contributed by atoms with Crippen LogP contribution in [-0.4, -0.2) is 0 Å². The van der Waals surface area contributed by atoms with E-state index in [1.165, 1.54) is 33.4 Å². The fraction of sp³-hybridized carbons (Fsp3) is 0.300. The Kier molecular flexibility index (Phi) is 4.78. The second-order valence-electron chi connectivity index (χ2n) is 6.05. The smallest absolute Gasteiger partial charge is 0.0518 e. The van der Waals surface area contributed by atoms with Crippen LogP contribution in [0.15, 0.2) is 24.3 Å². The van der Waals surface area contributed by atoms with E-state index in [0.29, 0.717) is 0 Å². The van der Waals surface area contributed by atoms with E-state index in [1.807, 2.05) is 0 Å². The molecule has 0 aromatic heterocycles. The van der Waals surface area contributed by atoms with Crippen molar-refractivity contribution in [2.75, 3.05) is 10.6 Å². The molecule has 2 nitrogen and oxygen atoms in total. The molecule has 0 aliphatic heterocycles. The van der Waals surface area contributed by atoms with E-state index >= 15 is 0 Å². The third-order valence-corrected chi connectivity index (χ3v) is 3.79. The Morgan fingerprint density at radius 3 is 1.09 bits per heavy atom. The predicted octanol–water partition coefficient (Wildman–Crippen LogP) is 4.98. The zero-order valence-corrected chi connectivity index (χ0v) is 14.3. The van der Waals surface area contributed by atoms with Crippen molar-refractivity contribution in [2.24, 2.45) is 0 Å². The van der Waals surface area contributed by atoms with Gasteiger partial charge in [0.15, 0.2) is 0 Å². The van der Waals surface area contributed by atoms with Crippen LogP contribution in [0.3, 0.4) is 0 Å². The first-order chi connectivity index (χ1) is 10.4. The lowest BCUT2D eigenvalue weighted by Gasteiger charge is -2.10. The lowest BCUT2D eigenvalue weighted by atomic mass is 10.1. The van der Waals surface area contributed by atoms with Gasteiger partial charge in [-0.25, -0.2) is 0 Å². The molecule has 2 N–H and O–H groups in total. The van der Waals surface area contributed by atoms with Gasteiger partial charge in [0.25, 0.3) is 0 Å². The van der Waals surface area contributed by atoms with Gasteiger partial charge >= 0.3 is 0 Å². The molecule has 2 aromatic rings. The maximum Gasteiger partial charge on any atom is 0.0518 e. The lowest BCUT2D eigenvalue weighted by Crippen LogP contribution is -1.99.